The van der Waals surface area contributed by atoms with E-state index in [-0.39, 0.29) is 0 Å². The molecule has 0 saturated carbocycles. The molecule has 1 aliphatic rings. The second-order valence-electron chi connectivity index (χ2n) is 5.63. The molecule has 0 unspecified atom stereocenters. The van der Waals surface area contributed by atoms with Crippen molar-refractivity contribution in [2.75, 3.05) is 0 Å². The number of halogens is 3. The number of esters is 1. The van der Waals surface area contributed by atoms with Gasteiger partial charge in [-0.05, 0) is 38.5 Å². The van der Waals surface area contributed by atoms with Crippen LogP contribution >= 0.6 is 0 Å². The summed E-state index contributed by atoms with van der Waals surface area (Å²) >= 11 is 0. The monoisotopic (exact) mass is 288 g/mol. The lowest BCUT2D eigenvalue weighted by Crippen LogP contribution is -2.26. The minimum Gasteiger partial charge on any atom is -0.458 e. The van der Waals surface area contributed by atoms with Gasteiger partial charge >= 0.3 is 12.1 Å². The summed E-state index contributed by atoms with van der Waals surface area (Å²) in [6, 6.07) is 4.59. The Kier molecular flexibility index (Phi) is 3.54. The van der Waals surface area contributed by atoms with Crippen LogP contribution in [0.3, 0.4) is 0 Å². The zero-order valence-electron chi connectivity index (χ0n) is 11.3. The fourth-order valence-electron chi connectivity index (χ4n) is 1.77. The number of carbonyl (C=O) groups excluding carboxylic acids is 1. The van der Waals surface area contributed by atoms with E-state index in [0.29, 0.717) is 5.56 Å². The topological polar surface area (TPSA) is 38.8 Å². The van der Waals surface area contributed by atoms with Crippen LogP contribution in [-0.4, -0.2) is 17.7 Å². The predicted molar refractivity (Wildman–Crippen MR) is 64.9 cm³/mol. The number of rotatable bonds is 2. The standard InChI is InChI=1S/C14H15F3O3/c1-13(2,3)20-12(18)11-10(19-11)8-4-6-9(7-5-8)14(15,16)17/h4-7,10-11H,1-3H3/t10-,11-/m1/s1. The lowest BCUT2D eigenvalue weighted by Gasteiger charge is -2.18. The highest BCUT2D eigenvalue weighted by atomic mass is 19.4. The molecule has 3 nitrogen and oxygen atoms in total. The quantitative estimate of drug-likeness (QED) is 0.617. The van der Waals surface area contributed by atoms with E-state index < -0.39 is 35.5 Å². The summed E-state index contributed by atoms with van der Waals surface area (Å²) in [5.74, 6) is -0.498. The lowest BCUT2D eigenvalue weighted by atomic mass is 10.1. The van der Waals surface area contributed by atoms with Crippen LogP contribution in [-0.2, 0) is 20.4 Å². The molecule has 0 aliphatic carbocycles. The molecule has 1 aliphatic heterocycles. The highest BCUT2D eigenvalue weighted by molar-refractivity contribution is 5.78. The summed E-state index contributed by atoms with van der Waals surface area (Å²) in [4.78, 5) is 11.7. The molecule has 1 aromatic carbocycles. The number of hydrogen-bond acceptors (Lipinski definition) is 3. The van der Waals surface area contributed by atoms with Gasteiger partial charge in [-0.2, -0.15) is 13.2 Å². The van der Waals surface area contributed by atoms with Gasteiger partial charge in [-0.15, -0.1) is 0 Å². The largest absolute Gasteiger partial charge is 0.458 e. The minimum absolute atomic E-state index is 0.498. The zero-order chi connectivity index (χ0) is 15.1. The number of hydrogen-bond donors (Lipinski definition) is 0. The molecule has 6 heteroatoms. The number of alkyl halides is 3. The molecule has 20 heavy (non-hydrogen) atoms. The molecule has 0 aromatic heterocycles. The van der Waals surface area contributed by atoms with Crippen LogP contribution in [0.25, 0.3) is 0 Å². The average molecular weight is 288 g/mol. The van der Waals surface area contributed by atoms with Gasteiger partial charge in [0, 0.05) is 0 Å². The molecule has 1 heterocycles. The Morgan fingerprint density at radius 2 is 1.70 bits per heavy atom. The number of epoxide rings is 1. The van der Waals surface area contributed by atoms with Crippen LogP contribution in [0, 0.1) is 0 Å². The van der Waals surface area contributed by atoms with Gasteiger partial charge in [-0.1, -0.05) is 12.1 Å². The third-order valence-electron chi connectivity index (χ3n) is 2.70. The normalized spacial score (nSPS) is 22.5. The first-order chi connectivity index (χ1) is 9.08. The zero-order valence-corrected chi connectivity index (χ0v) is 11.3. The van der Waals surface area contributed by atoms with E-state index in [4.69, 9.17) is 9.47 Å². The maximum absolute atomic E-state index is 12.4. The van der Waals surface area contributed by atoms with E-state index >= 15 is 0 Å². The molecule has 110 valence electrons. The maximum Gasteiger partial charge on any atom is 0.416 e. The Balaban J connectivity index is 2.00. The van der Waals surface area contributed by atoms with E-state index in [9.17, 15) is 18.0 Å². The smallest absolute Gasteiger partial charge is 0.416 e. The molecule has 2 atom stereocenters. The summed E-state index contributed by atoms with van der Waals surface area (Å²) in [6.07, 6.45) is -5.62. The van der Waals surface area contributed by atoms with E-state index in [1.807, 2.05) is 0 Å². The van der Waals surface area contributed by atoms with Crippen LogP contribution in [0.1, 0.15) is 38.0 Å². The van der Waals surface area contributed by atoms with Crippen molar-refractivity contribution in [1.29, 1.82) is 0 Å². The van der Waals surface area contributed by atoms with Gasteiger partial charge in [0.1, 0.15) is 11.7 Å². The lowest BCUT2D eigenvalue weighted by molar-refractivity contribution is -0.156. The minimum atomic E-state index is -4.37. The second kappa shape index (κ2) is 4.77. The van der Waals surface area contributed by atoms with Crippen molar-refractivity contribution in [2.45, 2.75) is 44.8 Å². The van der Waals surface area contributed by atoms with Gasteiger partial charge in [0.15, 0.2) is 6.10 Å². The van der Waals surface area contributed by atoms with Gasteiger partial charge in [0.25, 0.3) is 0 Å². The molecule has 0 amide bonds. The molecule has 0 bridgehead atoms. The number of carbonyl (C=O) groups is 1. The molecular formula is C14H15F3O3. The van der Waals surface area contributed by atoms with E-state index in [2.05, 4.69) is 0 Å². The van der Waals surface area contributed by atoms with Crippen LogP contribution in [0.2, 0.25) is 0 Å². The van der Waals surface area contributed by atoms with E-state index in [1.165, 1.54) is 12.1 Å². The van der Waals surface area contributed by atoms with Gasteiger partial charge < -0.3 is 9.47 Å². The molecule has 1 aromatic rings. The van der Waals surface area contributed by atoms with Crippen molar-refractivity contribution in [3.63, 3.8) is 0 Å². The first-order valence-corrected chi connectivity index (χ1v) is 6.13. The molecule has 0 N–H and O–H groups in total. The average Bonchev–Trinajstić information content (AvgIpc) is 3.05. The first-order valence-electron chi connectivity index (χ1n) is 6.13. The van der Waals surface area contributed by atoms with Crippen molar-refractivity contribution in [2.24, 2.45) is 0 Å². The SMILES string of the molecule is CC(C)(C)OC(=O)[C@@H]1O[C@@H]1c1ccc(C(F)(F)F)cc1. The van der Waals surface area contributed by atoms with Gasteiger partial charge in [-0.3, -0.25) is 0 Å². The van der Waals surface area contributed by atoms with Crippen LogP contribution in [0.15, 0.2) is 24.3 Å². The van der Waals surface area contributed by atoms with Crippen molar-refractivity contribution >= 4 is 5.97 Å². The van der Waals surface area contributed by atoms with Crippen molar-refractivity contribution in [1.82, 2.24) is 0 Å². The summed E-state index contributed by atoms with van der Waals surface area (Å²) in [5.41, 5.74) is -0.808. The molecular weight excluding hydrogens is 273 g/mol. The Hall–Kier alpha value is -1.56. The van der Waals surface area contributed by atoms with E-state index in [1.54, 1.807) is 20.8 Å². The Bertz CT molecular complexity index is 500. The third kappa shape index (κ3) is 3.50. The number of ether oxygens (including phenoxy) is 2. The van der Waals surface area contributed by atoms with Gasteiger partial charge in [0.2, 0.25) is 0 Å². The molecule has 0 radical (unpaired) electrons. The van der Waals surface area contributed by atoms with Crippen LogP contribution in [0.5, 0.6) is 0 Å². The van der Waals surface area contributed by atoms with Crippen molar-refractivity contribution in [3.8, 4) is 0 Å². The Morgan fingerprint density at radius 3 is 2.15 bits per heavy atom. The fourth-order valence-corrected chi connectivity index (χ4v) is 1.77. The predicted octanol–water partition coefficient (Wildman–Crippen LogP) is 3.49. The Morgan fingerprint density at radius 1 is 1.15 bits per heavy atom. The third-order valence-corrected chi connectivity index (χ3v) is 2.70. The highest BCUT2D eigenvalue weighted by Crippen LogP contribution is 2.41. The molecule has 1 saturated heterocycles. The fraction of sp³-hybridized carbons (Fsp3) is 0.500. The Labute approximate surface area is 114 Å². The molecule has 1 fully saturated rings. The van der Waals surface area contributed by atoms with E-state index in [0.717, 1.165) is 12.1 Å². The van der Waals surface area contributed by atoms with Crippen molar-refractivity contribution < 1.29 is 27.4 Å². The van der Waals surface area contributed by atoms with Crippen LogP contribution in [0.4, 0.5) is 13.2 Å². The summed E-state index contributed by atoms with van der Waals surface area (Å²) in [5, 5.41) is 0. The summed E-state index contributed by atoms with van der Waals surface area (Å²) in [6.45, 7) is 5.21. The van der Waals surface area contributed by atoms with Gasteiger partial charge in [-0.25, -0.2) is 4.79 Å². The van der Waals surface area contributed by atoms with Crippen molar-refractivity contribution in [3.05, 3.63) is 35.4 Å². The van der Waals surface area contributed by atoms with Gasteiger partial charge in [0.05, 0.1) is 5.56 Å². The first kappa shape index (κ1) is 14.8. The number of benzene rings is 1. The van der Waals surface area contributed by atoms with Crippen LogP contribution < -0.4 is 0 Å². The molecule has 2 rings (SSSR count). The highest BCUT2D eigenvalue weighted by Gasteiger charge is 2.48. The second-order valence-corrected chi connectivity index (χ2v) is 5.63. The maximum atomic E-state index is 12.4. The molecule has 0 spiro atoms. The summed E-state index contributed by atoms with van der Waals surface area (Å²) in [7, 11) is 0. The summed E-state index contributed by atoms with van der Waals surface area (Å²) < 4.78 is 47.6.